The van der Waals surface area contributed by atoms with Crippen LogP contribution in [0.15, 0.2) is 12.2 Å². The van der Waals surface area contributed by atoms with Crippen molar-refractivity contribution >= 4 is 0 Å². The standard InChI is InChI=1S/C10H13NO/c1-6(12)10-8-3-2-7(4-8)9(10)5-11/h2-3,6-10,12H,4H2,1H3/t6-,7+,8+,9-,10+/m1/s1. The predicted octanol–water partition coefficient (Wildman–Crippen LogP) is 1.33. The van der Waals surface area contributed by atoms with Crippen LogP contribution in [0.5, 0.6) is 0 Å². The number of rotatable bonds is 1. The summed E-state index contributed by atoms with van der Waals surface area (Å²) < 4.78 is 0. The quantitative estimate of drug-likeness (QED) is 0.593. The molecule has 2 bridgehead atoms. The molecule has 64 valence electrons. The highest BCUT2D eigenvalue weighted by Crippen LogP contribution is 2.48. The number of hydrogen-bond donors (Lipinski definition) is 1. The van der Waals surface area contributed by atoms with Gasteiger partial charge in [0.2, 0.25) is 0 Å². The molecule has 1 saturated carbocycles. The molecule has 0 spiro atoms. The van der Waals surface area contributed by atoms with Gasteiger partial charge in [-0.15, -0.1) is 0 Å². The van der Waals surface area contributed by atoms with Crippen molar-refractivity contribution in [2.24, 2.45) is 23.7 Å². The minimum absolute atomic E-state index is 0.0556. The Kier molecular flexibility index (Phi) is 1.69. The van der Waals surface area contributed by atoms with E-state index in [-0.39, 0.29) is 17.9 Å². The lowest BCUT2D eigenvalue weighted by Gasteiger charge is -2.25. The van der Waals surface area contributed by atoms with Crippen LogP contribution in [-0.4, -0.2) is 11.2 Å². The third-order valence-electron chi connectivity index (χ3n) is 3.23. The van der Waals surface area contributed by atoms with Crippen LogP contribution in [0.2, 0.25) is 0 Å². The molecule has 0 radical (unpaired) electrons. The fraction of sp³-hybridized carbons (Fsp3) is 0.700. The van der Waals surface area contributed by atoms with Crippen molar-refractivity contribution in [2.45, 2.75) is 19.4 Å². The minimum atomic E-state index is -0.338. The predicted molar refractivity (Wildman–Crippen MR) is 45.0 cm³/mol. The number of aliphatic hydroxyl groups excluding tert-OH is 1. The molecule has 0 saturated heterocycles. The van der Waals surface area contributed by atoms with Gasteiger partial charge in [-0.05, 0) is 25.2 Å². The summed E-state index contributed by atoms with van der Waals surface area (Å²) in [4.78, 5) is 0. The van der Waals surface area contributed by atoms with E-state index in [9.17, 15) is 5.11 Å². The Morgan fingerprint density at radius 2 is 2.17 bits per heavy atom. The van der Waals surface area contributed by atoms with E-state index in [0.29, 0.717) is 11.8 Å². The molecule has 0 aromatic heterocycles. The second kappa shape index (κ2) is 2.60. The van der Waals surface area contributed by atoms with Gasteiger partial charge in [0.15, 0.2) is 0 Å². The lowest BCUT2D eigenvalue weighted by atomic mass is 9.81. The molecule has 2 nitrogen and oxygen atoms in total. The molecule has 12 heavy (non-hydrogen) atoms. The molecule has 2 rings (SSSR count). The number of nitriles is 1. The molecular weight excluding hydrogens is 150 g/mol. The zero-order valence-corrected chi connectivity index (χ0v) is 7.14. The van der Waals surface area contributed by atoms with Gasteiger partial charge in [-0.25, -0.2) is 0 Å². The Balaban J connectivity index is 2.24. The van der Waals surface area contributed by atoms with Gasteiger partial charge in [0.05, 0.1) is 18.1 Å². The monoisotopic (exact) mass is 163 g/mol. The molecule has 0 aromatic rings. The van der Waals surface area contributed by atoms with Gasteiger partial charge in [0.1, 0.15) is 0 Å². The summed E-state index contributed by atoms with van der Waals surface area (Å²) >= 11 is 0. The molecule has 0 aliphatic heterocycles. The summed E-state index contributed by atoms with van der Waals surface area (Å²) in [5.41, 5.74) is 0. The van der Waals surface area contributed by atoms with E-state index < -0.39 is 0 Å². The summed E-state index contributed by atoms with van der Waals surface area (Å²) in [5, 5.41) is 18.4. The molecule has 2 heteroatoms. The Labute approximate surface area is 72.5 Å². The second-order valence-corrected chi connectivity index (χ2v) is 3.92. The normalized spacial score (nSPS) is 46.1. The molecule has 0 amide bonds. The fourth-order valence-electron chi connectivity index (χ4n) is 2.70. The molecule has 0 aromatic carbocycles. The van der Waals surface area contributed by atoms with Crippen LogP contribution in [-0.2, 0) is 0 Å². The van der Waals surface area contributed by atoms with Crippen molar-refractivity contribution in [3.8, 4) is 6.07 Å². The van der Waals surface area contributed by atoms with E-state index in [2.05, 4.69) is 18.2 Å². The number of allylic oxidation sites excluding steroid dienone is 2. The lowest BCUT2D eigenvalue weighted by molar-refractivity contribution is 0.0940. The van der Waals surface area contributed by atoms with Gasteiger partial charge >= 0.3 is 0 Å². The zero-order chi connectivity index (χ0) is 8.72. The molecule has 0 heterocycles. The van der Waals surface area contributed by atoms with Crippen molar-refractivity contribution in [1.29, 1.82) is 5.26 Å². The Hall–Kier alpha value is -0.810. The average molecular weight is 163 g/mol. The topological polar surface area (TPSA) is 44.0 Å². The second-order valence-electron chi connectivity index (χ2n) is 3.92. The summed E-state index contributed by atoms with van der Waals surface area (Å²) in [7, 11) is 0. The van der Waals surface area contributed by atoms with Gasteiger partial charge in [0.25, 0.3) is 0 Å². The Morgan fingerprint density at radius 3 is 2.67 bits per heavy atom. The third kappa shape index (κ3) is 0.899. The maximum Gasteiger partial charge on any atom is 0.0666 e. The summed E-state index contributed by atoms with van der Waals surface area (Å²) in [6, 6.07) is 2.32. The molecule has 5 atom stereocenters. The maximum absolute atomic E-state index is 9.49. The van der Waals surface area contributed by atoms with Crippen LogP contribution >= 0.6 is 0 Å². The highest BCUT2D eigenvalue weighted by molar-refractivity contribution is 5.18. The highest BCUT2D eigenvalue weighted by Gasteiger charge is 2.46. The third-order valence-corrected chi connectivity index (χ3v) is 3.23. The number of aliphatic hydroxyl groups is 1. The average Bonchev–Trinajstić information content (AvgIpc) is 2.60. The number of fused-ring (bicyclic) bond motifs is 2. The number of hydrogen-bond acceptors (Lipinski definition) is 2. The van der Waals surface area contributed by atoms with E-state index >= 15 is 0 Å². The first-order valence-electron chi connectivity index (χ1n) is 4.50. The van der Waals surface area contributed by atoms with Crippen molar-refractivity contribution in [2.75, 3.05) is 0 Å². The van der Waals surface area contributed by atoms with Crippen molar-refractivity contribution in [3.63, 3.8) is 0 Å². The first kappa shape index (κ1) is 7.82. The smallest absolute Gasteiger partial charge is 0.0666 e. The molecule has 2 aliphatic rings. The van der Waals surface area contributed by atoms with E-state index in [0.717, 1.165) is 6.42 Å². The highest BCUT2D eigenvalue weighted by atomic mass is 16.3. The van der Waals surface area contributed by atoms with Crippen LogP contribution in [0.4, 0.5) is 0 Å². The van der Waals surface area contributed by atoms with Gasteiger partial charge < -0.3 is 5.11 Å². The van der Waals surface area contributed by atoms with Crippen LogP contribution in [0.25, 0.3) is 0 Å². The summed E-state index contributed by atoms with van der Waals surface area (Å²) in [6.45, 7) is 1.80. The van der Waals surface area contributed by atoms with E-state index in [4.69, 9.17) is 5.26 Å². The molecule has 1 fully saturated rings. The van der Waals surface area contributed by atoms with Crippen LogP contribution in [0.3, 0.4) is 0 Å². The van der Waals surface area contributed by atoms with E-state index in [1.54, 1.807) is 6.92 Å². The largest absolute Gasteiger partial charge is 0.393 e. The summed E-state index contributed by atoms with van der Waals surface area (Å²) in [6.07, 6.45) is 5.04. The van der Waals surface area contributed by atoms with Crippen molar-refractivity contribution < 1.29 is 5.11 Å². The van der Waals surface area contributed by atoms with Crippen molar-refractivity contribution in [1.82, 2.24) is 0 Å². The van der Waals surface area contributed by atoms with E-state index in [1.165, 1.54) is 0 Å². The van der Waals surface area contributed by atoms with Crippen LogP contribution in [0.1, 0.15) is 13.3 Å². The molecule has 2 aliphatic carbocycles. The summed E-state index contributed by atoms with van der Waals surface area (Å²) in [5.74, 6) is 1.12. The first-order valence-corrected chi connectivity index (χ1v) is 4.50. The molecule has 1 N–H and O–H groups in total. The van der Waals surface area contributed by atoms with Gasteiger partial charge in [-0.3, -0.25) is 0 Å². The van der Waals surface area contributed by atoms with Crippen molar-refractivity contribution in [3.05, 3.63) is 12.2 Å². The van der Waals surface area contributed by atoms with Gasteiger partial charge in [-0.2, -0.15) is 5.26 Å². The van der Waals surface area contributed by atoms with Crippen LogP contribution < -0.4 is 0 Å². The maximum atomic E-state index is 9.49. The molecule has 0 unspecified atom stereocenters. The SMILES string of the molecule is C[C@@H](O)[C@@H]1[C@H](C#N)[C@H]2C=C[C@H]1C2. The van der Waals surface area contributed by atoms with E-state index in [1.807, 2.05) is 0 Å². The van der Waals surface area contributed by atoms with Crippen LogP contribution in [0, 0.1) is 35.0 Å². The van der Waals surface area contributed by atoms with Gasteiger partial charge in [0, 0.05) is 5.92 Å². The fourth-order valence-corrected chi connectivity index (χ4v) is 2.70. The lowest BCUT2D eigenvalue weighted by Crippen LogP contribution is -2.28. The zero-order valence-electron chi connectivity index (χ0n) is 7.14. The Bertz CT molecular complexity index is 251. The first-order chi connectivity index (χ1) is 5.74. The number of nitrogens with zero attached hydrogens (tertiary/aromatic N) is 1. The Morgan fingerprint density at radius 1 is 1.50 bits per heavy atom. The molecular formula is C10H13NO. The minimum Gasteiger partial charge on any atom is -0.393 e. The van der Waals surface area contributed by atoms with Gasteiger partial charge in [-0.1, -0.05) is 12.2 Å².